The van der Waals surface area contributed by atoms with E-state index in [2.05, 4.69) is 6.07 Å². The molecule has 0 saturated heterocycles. The van der Waals surface area contributed by atoms with Crippen LogP contribution in [0.25, 0.3) is 6.08 Å². The molecule has 0 bridgehead atoms. The first-order chi connectivity index (χ1) is 14.6. The third-order valence-corrected chi connectivity index (χ3v) is 5.97. The van der Waals surface area contributed by atoms with E-state index in [1.807, 2.05) is 53.4 Å². The lowest BCUT2D eigenvalue weighted by Gasteiger charge is -2.38. The number of carbonyl (C=O) groups is 1. The Kier molecular flexibility index (Phi) is 4.72. The first-order valence-electron chi connectivity index (χ1n) is 9.91. The predicted molar refractivity (Wildman–Crippen MR) is 117 cm³/mol. The number of phenolic OH excluding ortho intramolecular Hbond substituents is 1. The second kappa shape index (κ2) is 7.54. The van der Waals surface area contributed by atoms with Crippen LogP contribution in [0.4, 0.5) is 0 Å². The summed E-state index contributed by atoms with van der Waals surface area (Å²) in [6.45, 7) is 0.772. The van der Waals surface area contributed by atoms with E-state index in [1.165, 1.54) is 5.56 Å². The van der Waals surface area contributed by atoms with Crippen molar-refractivity contribution < 1.29 is 14.6 Å². The predicted octanol–water partition coefficient (Wildman–Crippen LogP) is 5.00. The van der Waals surface area contributed by atoms with Crippen LogP contribution in [0.3, 0.4) is 0 Å². The van der Waals surface area contributed by atoms with Crippen molar-refractivity contribution in [1.29, 1.82) is 0 Å². The van der Waals surface area contributed by atoms with Crippen LogP contribution in [-0.4, -0.2) is 29.1 Å². The summed E-state index contributed by atoms with van der Waals surface area (Å²) in [4.78, 5) is 15.4. The van der Waals surface area contributed by atoms with E-state index >= 15 is 0 Å². The number of phenols is 1. The van der Waals surface area contributed by atoms with Gasteiger partial charge in [-0.15, -0.1) is 0 Å². The number of hydrogen-bond acceptors (Lipinski definition) is 3. The van der Waals surface area contributed by atoms with E-state index in [0.29, 0.717) is 22.7 Å². The molecule has 0 spiro atoms. The zero-order chi connectivity index (χ0) is 20.7. The maximum absolute atomic E-state index is 13.6. The Balaban J connectivity index is 1.59. The van der Waals surface area contributed by atoms with Gasteiger partial charge in [0.2, 0.25) is 0 Å². The van der Waals surface area contributed by atoms with E-state index in [0.717, 1.165) is 23.3 Å². The summed E-state index contributed by atoms with van der Waals surface area (Å²) in [7, 11) is 0. The Morgan fingerprint density at radius 1 is 1.03 bits per heavy atom. The molecule has 1 unspecified atom stereocenters. The van der Waals surface area contributed by atoms with Gasteiger partial charge in [0.1, 0.15) is 18.1 Å². The zero-order valence-electron chi connectivity index (χ0n) is 16.2. The number of halogens is 1. The van der Waals surface area contributed by atoms with Gasteiger partial charge in [-0.05, 0) is 47.9 Å². The maximum atomic E-state index is 13.6. The van der Waals surface area contributed by atoms with Crippen molar-refractivity contribution in [2.24, 2.45) is 0 Å². The lowest BCUT2D eigenvalue weighted by Crippen LogP contribution is -2.42. The summed E-state index contributed by atoms with van der Waals surface area (Å²) in [5.74, 6) is 0.809. The summed E-state index contributed by atoms with van der Waals surface area (Å²) in [5, 5.41) is 11.1. The molecule has 0 aliphatic carbocycles. The van der Waals surface area contributed by atoms with Gasteiger partial charge in [-0.1, -0.05) is 54.1 Å². The van der Waals surface area contributed by atoms with E-state index in [1.54, 1.807) is 18.2 Å². The SMILES string of the molecule is O=C(C1=Cc2ccccc2OC1)N1CCc2ccccc2C1c1cc(Cl)ccc1O. The quantitative estimate of drug-likeness (QED) is 0.638. The van der Waals surface area contributed by atoms with Crippen LogP contribution in [0.2, 0.25) is 5.02 Å². The van der Waals surface area contributed by atoms with Crippen LogP contribution in [0.5, 0.6) is 11.5 Å². The van der Waals surface area contributed by atoms with Crippen molar-refractivity contribution in [3.05, 3.63) is 99.6 Å². The van der Waals surface area contributed by atoms with E-state index in [-0.39, 0.29) is 18.3 Å². The fourth-order valence-electron chi connectivity index (χ4n) is 4.29. The Hall–Kier alpha value is -3.24. The van der Waals surface area contributed by atoms with Crippen molar-refractivity contribution in [2.75, 3.05) is 13.2 Å². The lowest BCUT2D eigenvalue weighted by molar-refractivity contribution is -0.129. The molecule has 2 aliphatic rings. The fourth-order valence-corrected chi connectivity index (χ4v) is 4.47. The minimum absolute atomic E-state index is 0.0941. The Morgan fingerprint density at radius 2 is 1.83 bits per heavy atom. The van der Waals surface area contributed by atoms with Crippen LogP contribution in [0, 0.1) is 0 Å². The molecule has 5 heteroatoms. The van der Waals surface area contributed by atoms with Gasteiger partial charge in [0.25, 0.3) is 5.91 Å². The van der Waals surface area contributed by atoms with Crippen molar-refractivity contribution in [3.63, 3.8) is 0 Å². The number of aromatic hydroxyl groups is 1. The highest BCUT2D eigenvalue weighted by molar-refractivity contribution is 6.30. The van der Waals surface area contributed by atoms with Gasteiger partial charge in [0.05, 0.1) is 11.6 Å². The molecule has 1 amide bonds. The van der Waals surface area contributed by atoms with Crippen molar-refractivity contribution in [2.45, 2.75) is 12.5 Å². The number of para-hydroxylation sites is 1. The number of benzene rings is 3. The topological polar surface area (TPSA) is 49.8 Å². The molecule has 0 saturated carbocycles. The molecule has 30 heavy (non-hydrogen) atoms. The van der Waals surface area contributed by atoms with E-state index < -0.39 is 6.04 Å². The van der Waals surface area contributed by atoms with Gasteiger partial charge >= 0.3 is 0 Å². The highest BCUT2D eigenvalue weighted by atomic mass is 35.5. The van der Waals surface area contributed by atoms with Crippen molar-refractivity contribution in [3.8, 4) is 11.5 Å². The van der Waals surface area contributed by atoms with Crippen LogP contribution < -0.4 is 4.74 Å². The number of ether oxygens (including phenoxy) is 1. The molecule has 0 radical (unpaired) electrons. The lowest BCUT2D eigenvalue weighted by atomic mass is 9.87. The standard InChI is InChI=1S/C25H20ClNO3/c26-19-9-10-22(28)21(14-19)24-20-7-3-1-5-16(20)11-12-27(24)25(29)18-13-17-6-2-4-8-23(17)30-15-18/h1-10,13-14,24,28H,11-12,15H2. The number of rotatable bonds is 2. The summed E-state index contributed by atoms with van der Waals surface area (Å²) >= 11 is 6.25. The molecule has 150 valence electrons. The Morgan fingerprint density at radius 3 is 2.73 bits per heavy atom. The molecule has 2 aliphatic heterocycles. The molecule has 0 aromatic heterocycles. The molecule has 3 aromatic carbocycles. The third kappa shape index (κ3) is 3.23. The molecule has 1 N–H and O–H groups in total. The average molecular weight is 418 g/mol. The summed E-state index contributed by atoms with van der Waals surface area (Å²) < 4.78 is 5.82. The van der Waals surface area contributed by atoms with Gasteiger partial charge in [0.15, 0.2) is 0 Å². The van der Waals surface area contributed by atoms with Crippen molar-refractivity contribution in [1.82, 2.24) is 4.90 Å². The normalized spacial score (nSPS) is 17.4. The number of nitrogens with zero attached hydrogens (tertiary/aromatic N) is 1. The monoisotopic (exact) mass is 417 g/mol. The smallest absolute Gasteiger partial charge is 0.254 e. The molecular weight excluding hydrogens is 398 g/mol. The van der Waals surface area contributed by atoms with E-state index in [4.69, 9.17) is 16.3 Å². The highest BCUT2D eigenvalue weighted by Gasteiger charge is 2.35. The summed E-state index contributed by atoms with van der Waals surface area (Å²) in [6, 6.07) is 20.3. The zero-order valence-corrected chi connectivity index (χ0v) is 17.0. The summed E-state index contributed by atoms with van der Waals surface area (Å²) in [6.07, 6.45) is 2.65. The first-order valence-corrected chi connectivity index (χ1v) is 10.3. The van der Waals surface area contributed by atoms with Crippen LogP contribution in [0.1, 0.15) is 28.3 Å². The molecule has 4 nitrogen and oxygen atoms in total. The Bertz CT molecular complexity index is 1170. The van der Waals surface area contributed by atoms with Crippen LogP contribution in [-0.2, 0) is 11.2 Å². The molecule has 3 aromatic rings. The number of carbonyl (C=O) groups excluding carboxylic acids is 1. The largest absolute Gasteiger partial charge is 0.508 e. The van der Waals surface area contributed by atoms with Crippen LogP contribution in [0.15, 0.2) is 72.3 Å². The first kappa shape index (κ1) is 18.8. The molecular formula is C25H20ClNO3. The fraction of sp³-hybridized carbons (Fsp3) is 0.160. The molecule has 0 fully saturated rings. The number of fused-ring (bicyclic) bond motifs is 2. The Labute approximate surface area is 180 Å². The minimum atomic E-state index is -0.417. The van der Waals surface area contributed by atoms with Crippen molar-refractivity contribution >= 4 is 23.6 Å². The van der Waals surface area contributed by atoms with Gasteiger partial charge in [-0.2, -0.15) is 0 Å². The van der Waals surface area contributed by atoms with Crippen LogP contribution >= 0.6 is 11.6 Å². The number of amides is 1. The highest BCUT2D eigenvalue weighted by Crippen LogP contribution is 2.41. The number of hydrogen-bond donors (Lipinski definition) is 1. The second-order valence-electron chi connectivity index (χ2n) is 7.55. The van der Waals surface area contributed by atoms with Gasteiger partial charge in [-0.25, -0.2) is 0 Å². The second-order valence-corrected chi connectivity index (χ2v) is 7.99. The molecule has 1 atom stereocenters. The third-order valence-electron chi connectivity index (χ3n) is 5.74. The van der Waals surface area contributed by atoms with Gasteiger partial charge in [0, 0.05) is 22.7 Å². The summed E-state index contributed by atoms with van der Waals surface area (Å²) in [5.41, 5.74) is 4.30. The molecule has 2 heterocycles. The van der Waals surface area contributed by atoms with Gasteiger partial charge < -0.3 is 14.7 Å². The van der Waals surface area contributed by atoms with E-state index in [9.17, 15) is 9.90 Å². The maximum Gasteiger partial charge on any atom is 0.254 e. The molecule has 5 rings (SSSR count). The minimum Gasteiger partial charge on any atom is -0.508 e. The van der Waals surface area contributed by atoms with Gasteiger partial charge in [-0.3, -0.25) is 4.79 Å². The average Bonchev–Trinajstić information content (AvgIpc) is 2.79.